The smallest absolute Gasteiger partial charge is 0.0540 e. The van der Waals surface area contributed by atoms with Crippen molar-refractivity contribution in [1.82, 2.24) is 0 Å². The molecule has 1 aliphatic rings. The Balaban J connectivity index is 1.07. The number of fused-ring (bicyclic) bond motifs is 4. The SMILES string of the molecule is CC1(C)c2ccccc2-c2ccc(N(c3ccc(-c4ccccc4)cc3)c3ccc(-c4ccc(N(c5ccccc5)c5ccccc5)c5ccccc45)cc3)cc21. The van der Waals surface area contributed by atoms with Gasteiger partial charge in [0.05, 0.1) is 5.69 Å². The molecule has 2 heteroatoms. The molecule has 10 rings (SSSR count). The lowest BCUT2D eigenvalue weighted by Gasteiger charge is -2.28. The molecule has 0 saturated carbocycles. The van der Waals surface area contributed by atoms with Gasteiger partial charge in [0.15, 0.2) is 0 Å². The number of benzene rings is 9. The summed E-state index contributed by atoms with van der Waals surface area (Å²) in [5.74, 6) is 0. The highest BCUT2D eigenvalue weighted by Gasteiger charge is 2.35. The highest BCUT2D eigenvalue weighted by atomic mass is 15.1. The van der Waals surface area contributed by atoms with Crippen molar-refractivity contribution < 1.29 is 0 Å². The molecule has 57 heavy (non-hydrogen) atoms. The fourth-order valence-corrected chi connectivity index (χ4v) is 8.81. The van der Waals surface area contributed by atoms with E-state index in [9.17, 15) is 0 Å². The summed E-state index contributed by atoms with van der Waals surface area (Å²) in [4.78, 5) is 4.75. The summed E-state index contributed by atoms with van der Waals surface area (Å²) in [6, 6.07) is 79.2. The van der Waals surface area contributed by atoms with Crippen LogP contribution in [0.5, 0.6) is 0 Å². The summed E-state index contributed by atoms with van der Waals surface area (Å²) in [6.45, 7) is 4.70. The van der Waals surface area contributed by atoms with E-state index < -0.39 is 0 Å². The van der Waals surface area contributed by atoms with Crippen molar-refractivity contribution in [2.24, 2.45) is 0 Å². The summed E-state index contributed by atoms with van der Waals surface area (Å²) in [6.07, 6.45) is 0. The van der Waals surface area contributed by atoms with Crippen LogP contribution in [0.15, 0.2) is 218 Å². The van der Waals surface area contributed by atoms with E-state index in [-0.39, 0.29) is 5.41 Å². The standard InChI is InChI=1S/C55H42N2/c1-55(2)52-25-15-14-23-49(52)50-35-34-46(38-53(50)55)56(44-30-26-40(27-31-44)39-16-6-3-7-17-39)45-32-28-41(29-33-45)47-36-37-54(51-24-13-12-22-48(47)51)57(42-18-8-4-9-19-42)43-20-10-5-11-21-43/h3-38H,1-2H3. The molecule has 0 bridgehead atoms. The summed E-state index contributed by atoms with van der Waals surface area (Å²) >= 11 is 0. The monoisotopic (exact) mass is 730 g/mol. The fourth-order valence-electron chi connectivity index (χ4n) is 8.81. The van der Waals surface area contributed by atoms with E-state index in [0.29, 0.717) is 0 Å². The highest BCUT2D eigenvalue weighted by Crippen LogP contribution is 2.51. The third-order valence-electron chi connectivity index (χ3n) is 11.7. The normalized spacial score (nSPS) is 12.5. The van der Waals surface area contributed by atoms with Crippen LogP contribution in [-0.2, 0) is 5.41 Å². The molecule has 9 aromatic rings. The van der Waals surface area contributed by atoms with Crippen LogP contribution in [0.1, 0.15) is 25.0 Å². The lowest BCUT2D eigenvalue weighted by molar-refractivity contribution is 0.660. The molecule has 272 valence electrons. The van der Waals surface area contributed by atoms with Crippen LogP contribution in [0.4, 0.5) is 34.1 Å². The summed E-state index contributed by atoms with van der Waals surface area (Å²) < 4.78 is 0. The van der Waals surface area contributed by atoms with E-state index >= 15 is 0 Å². The number of hydrogen-bond donors (Lipinski definition) is 0. The molecule has 0 amide bonds. The number of anilines is 6. The molecule has 2 nitrogen and oxygen atoms in total. The number of para-hydroxylation sites is 2. The van der Waals surface area contributed by atoms with Crippen LogP contribution in [0.3, 0.4) is 0 Å². The first-order valence-corrected chi connectivity index (χ1v) is 19.8. The first-order chi connectivity index (χ1) is 28.0. The van der Waals surface area contributed by atoms with Crippen LogP contribution in [0, 0.1) is 0 Å². The molecule has 0 radical (unpaired) electrons. The number of nitrogens with zero attached hydrogens (tertiary/aromatic N) is 2. The van der Waals surface area contributed by atoms with Gasteiger partial charge < -0.3 is 9.80 Å². The molecule has 0 aromatic heterocycles. The van der Waals surface area contributed by atoms with E-state index in [4.69, 9.17) is 0 Å². The molecule has 0 heterocycles. The minimum atomic E-state index is -0.0988. The predicted octanol–water partition coefficient (Wildman–Crippen LogP) is 15.4. The van der Waals surface area contributed by atoms with Gasteiger partial charge >= 0.3 is 0 Å². The third-order valence-corrected chi connectivity index (χ3v) is 11.7. The van der Waals surface area contributed by atoms with Gasteiger partial charge in [0, 0.05) is 39.2 Å². The van der Waals surface area contributed by atoms with E-state index in [0.717, 1.165) is 34.1 Å². The van der Waals surface area contributed by atoms with E-state index in [2.05, 4.69) is 242 Å². The van der Waals surface area contributed by atoms with Gasteiger partial charge in [-0.1, -0.05) is 166 Å². The Morgan fingerprint density at radius 2 is 0.754 bits per heavy atom. The maximum atomic E-state index is 2.41. The molecular weight excluding hydrogens is 689 g/mol. The van der Waals surface area contributed by atoms with Crippen molar-refractivity contribution >= 4 is 44.9 Å². The fraction of sp³-hybridized carbons (Fsp3) is 0.0545. The van der Waals surface area contributed by atoms with Gasteiger partial charge in [0.25, 0.3) is 0 Å². The van der Waals surface area contributed by atoms with Crippen molar-refractivity contribution in [3.63, 3.8) is 0 Å². The van der Waals surface area contributed by atoms with Crippen LogP contribution < -0.4 is 9.80 Å². The average molecular weight is 731 g/mol. The van der Waals surface area contributed by atoms with Crippen LogP contribution in [-0.4, -0.2) is 0 Å². The van der Waals surface area contributed by atoms with Crippen LogP contribution >= 0.6 is 0 Å². The zero-order chi connectivity index (χ0) is 38.3. The second-order valence-electron chi connectivity index (χ2n) is 15.4. The molecule has 0 spiro atoms. The zero-order valence-electron chi connectivity index (χ0n) is 32.2. The topological polar surface area (TPSA) is 6.48 Å². The first-order valence-electron chi connectivity index (χ1n) is 19.8. The molecule has 0 aliphatic heterocycles. The Morgan fingerprint density at radius 1 is 0.298 bits per heavy atom. The third kappa shape index (κ3) is 6.07. The van der Waals surface area contributed by atoms with Gasteiger partial charge in [-0.2, -0.15) is 0 Å². The Hall–Kier alpha value is -7.16. The highest BCUT2D eigenvalue weighted by molar-refractivity contribution is 6.06. The molecule has 0 atom stereocenters. The van der Waals surface area contributed by atoms with Gasteiger partial charge in [0.2, 0.25) is 0 Å². The van der Waals surface area contributed by atoms with E-state index in [1.165, 1.54) is 55.3 Å². The Kier molecular flexibility index (Phi) is 8.53. The van der Waals surface area contributed by atoms with Crippen LogP contribution in [0.2, 0.25) is 0 Å². The minimum Gasteiger partial charge on any atom is -0.310 e. The van der Waals surface area contributed by atoms with Gasteiger partial charge in [-0.15, -0.1) is 0 Å². The van der Waals surface area contributed by atoms with Crippen molar-refractivity contribution in [3.8, 4) is 33.4 Å². The lowest BCUT2D eigenvalue weighted by atomic mass is 9.82. The van der Waals surface area contributed by atoms with Crippen molar-refractivity contribution in [2.75, 3.05) is 9.80 Å². The van der Waals surface area contributed by atoms with Crippen molar-refractivity contribution in [1.29, 1.82) is 0 Å². The van der Waals surface area contributed by atoms with Gasteiger partial charge in [0.1, 0.15) is 0 Å². The maximum Gasteiger partial charge on any atom is 0.0540 e. The predicted molar refractivity (Wildman–Crippen MR) is 242 cm³/mol. The van der Waals surface area contributed by atoms with Gasteiger partial charge in [-0.05, 0) is 117 Å². The van der Waals surface area contributed by atoms with E-state index in [1.54, 1.807) is 0 Å². The molecule has 9 aromatic carbocycles. The Bertz CT molecular complexity index is 2800. The maximum absolute atomic E-state index is 2.41. The Morgan fingerprint density at radius 3 is 1.40 bits per heavy atom. The van der Waals surface area contributed by atoms with Gasteiger partial charge in [-0.25, -0.2) is 0 Å². The molecule has 0 N–H and O–H groups in total. The summed E-state index contributed by atoms with van der Waals surface area (Å²) in [7, 11) is 0. The molecule has 0 fully saturated rings. The quantitative estimate of drug-likeness (QED) is 0.154. The molecule has 0 unspecified atom stereocenters. The number of rotatable bonds is 8. The molecule has 1 aliphatic carbocycles. The molecule has 0 saturated heterocycles. The average Bonchev–Trinajstić information content (AvgIpc) is 3.51. The largest absolute Gasteiger partial charge is 0.310 e. The van der Waals surface area contributed by atoms with Gasteiger partial charge in [-0.3, -0.25) is 0 Å². The van der Waals surface area contributed by atoms with Crippen molar-refractivity contribution in [3.05, 3.63) is 230 Å². The number of hydrogen-bond acceptors (Lipinski definition) is 2. The van der Waals surface area contributed by atoms with Crippen LogP contribution in [0.25, 0.3) is 44.2 Å². The lowest BCUT2D eigenvalue weighted by Crippen LogP contribution is -2.16. The summed E-state index contributed by atoms with van der Waals surface area (Å²) in [5.41, 5.74) is 16.9. The second-order valence-corrected chi connectivity index (χ2v) is 15.4. The molecular formula is C55H42N2. The van der Waals surface area contributed by atoms with Crippen molar-refractivity contribution in [2.45, 2.75) is 19.3 Å². The first kappa shape index (κ1) is 34.3. The Labute approximate surface area is 335 Å². The zero-order valence-corrected chi connectivity index (χ0v) is 32.2. The second kappa shape index (κ2) is 14.2. The van der Waals surface area contributed by atoms with E-state index in [1.807, 2.05) is 0 Å². The summed E-state index contributed by atoms with van der Waals surface area (Å²) in [5, 5.41) is 2.42. The minimum absolute atomic E-state index is 0.0988.